The molecule has 0 heterocycles. The third-order valence-electron chi connectivity index (χ3n) is 2.40. The van der Waals surface area contributed by atoms with E-state index in [0.29, 0.717) is 25.3 Å². The van der Waals surface area contributed by atoms with Crippen molar-refractivity contribution in [2.24, 2.45) is 10.9 Å². The van der Waals surface area contributed by atoms with Gasteiger partial charge in [0.1, 0.15) is 0 Å². The van der Waals surface area contributed by atoms with Crippen LogP contribution in [0.15, 0.2) is 29.4 Å². The van der Waals surface area contributed by atoms with Crippen LogP contribution >= 0.6 is 0 Å². The Labute approximate surface area is 106 Å². The molecule has 0 saturated heterocycles. The van der Waals surface area contributed by atoms with Gasteiger partial charge in [-0.2, -0.15) is 0 Å². The molecular formula is C12H19N3O3. The minimum absolute atomic E-state index is 0.0799. The quantitative estimate of drug-likeness (QED) is 0.235. The molecule has 0 bridgehead atoms. The number of nitrogens with two attached hydrogens (primary N) is 1. The number of benzene rings is 1. The van der Waals surface area contributed by atoms with Gasteiger partial charge in [0.05, 0.1) is 12.7 Å². The molecule has 1 rings (SSSR count). The summed E-state index contributed by atoms with van der Waals surface area (Å²) in [5.74, 6) is 0.0799. The van der Waals surface area contributed by atoms with Crippen LogP contribution in [0.4, 0.5) is 0 Å². The van der Waals surface area contributed by atoms with E-state index < -0.39 is 6.10 Å². The van der Waals surface area contributed by atoms with E-state index in [1.54, 1.807) is 13.2 Å². The van der Waals surface area contributed by atoms with Crippen LogP contribution in [0, 0.1) is 0 Å². The topological polar surface area (TPSA) is 100 Å². The third kappa shape index (κ3) is 4.70. The van der Waals surface area contributed by atoms with Crippen LogP contribution in [0.3, 0.4) is 0 Å². The number of aliphatic hydroxyl groups excluding tert-OH is 1. The van der Waals surface area contributed by atoms with Crippen molar-refractivity contribution in [2.45, 2.75) is 12.6 Å². The van der Waals surface area contributed by atoms with Crippen LogP contribution in [0.1, 0.15) is 11.1 Å². The molecule has 6 heteroatoms. The number of hydrogen-bond acceptors (Lipinski definition) is 5. The number of ether oxygens (including phenoxy) is 1. The minimum Gasteiger partial charge on any atom is -0.409 e. The summed E-state index contributed by atoms with van der Waals surface area (Å²) in [6.07, 6.45) is -0.526. The number of hydrogen-bond donors (Lipinski definition) is 4. The molecule has 0 saturated carbocycles. The van der Waals surface area contributed by atoms with Gasteiger partial charge in [-0.25, -0.2) is 0 Å². The molecule has 0 aliphatic heterocycles. The molecule has 0 aromatic heterocycles. The Hall–Kier alpha value is -1.63. The zero-order valence-electron chi connectivity index (χ0n) is 10.3. The Kier molecular flexibility index (Phi) is 6.13. The van der Waals surface area contributed by atoms with E-state index in [1.165, 1.54) is 0 Å². The standard InChI is InChI=1S/C12H19N3O3/c1-18-8-11(16)7-14-6-9-3-2-4-10(5-9)12(13)15-17/h2-5,11,14,16-17H,6-8H2,1H3,(H2,13,15). The van der Waals surface area contributed by atoms with E-state index in [1.807, 2.05) is 18.2 Å². The van der Waals surface area contributed by atoms with Gasteiger partial charge >= 0.3 is 0 Å². The fraction of sp³-hybridized carbons (Fsp3) is 0.417. The van der Waals surface area contributed by atoms with Crippen LogP contribution in [0.2, 0.25) is 0 Å². The van der Waals surface area contributed by atoms with Gasteiger partial charge in [-0.05, 0) is 11.6 Å². The lowest BCUT2D eigenvalue weighted by atomic mass is 10.1. The van der Waals surface area contributed by atoms with Crippen molar-refractivity contribution in [3.63, 3.8) is 0 Å². The molecule has 0 fully saturated rings. The summed E-state index contributed by atoms with van der Waals surface area (Å²) in [6.45, 7) is 1.34. The maximum Gasteiger partial charge on any atom is 0.170 e. The molecule has 0 amide bonds. The number of aliphatic hydroxyl groups is 1. The second-order valence-electron chi connectivity index (χ2n) is 3.93. The Morgan fingerprint density at radius 1 is 1.56 bits per heavy atom. The van der Waals surface area contributed by atoms with Gasteiger partial charge in [-0.3, -0.25) is 0 Å². The Morgan fingerprint density at radius 2 is 2.33 bits per heavy atom. The number of nitrogens with zero attached hydrogens (tertiary/aromatic N) is 1. The van der Waals surface area contributed by atoms with Gasteiger partial charge in [0.2, 0.25) is 0 Å². The molecule has 0 spiro atoms. The first-order chi connectivity index (χ1) is 8.67. The summed E-state index contributed by atoms with van der Waals surface area (Å²) in [7, 11) is 1.55. The van der Waals surface area contributed by atoms with Gasteiger partial charge in [-0.15, -0.1) is 0 Å². The van der Waals surface area contributed by atoms with Gasteiger partial charge in [0.15, 0.2) is 5.84 Å². The molecule has 0 aliphatic rings. The molecule has 1 aromatic rings. The molecule has 100 valence electrons. The minimum atomic E-state index is -0.526. The van der Waals surface area contributed by atoms with E-state index in [0.717, 1.165) is 5.56 Å². The zero-order valence-corrected chi connectivity index (χ0v) is 10.3. The SMILES string of the molecule is COCC(O)CNCc1cccc(/C(N)=N/O)c1. The van der Waals surface area contributed by atoms with E-state index in [4.69, 9.17) is 15.7 Å². The van der Waals surface area contributed by atoms with Crippen LogP contribution in [0.25, 0.3) is 0 Å². The number of nitrogens with one attached hydrogen (secondary N) is 1. The monoisotopic (exact) mass is 253 g/mol. The lowest BCUT2D eigenvalue weighted by Gasteiger charge is -2.11. The highest BCUT2D eigenvalue weighted by atomic mass is 16.5. The maximum absolute atomic E-state index is 9.45. The number of amidine groups is 1. The average Bonchev–Trinajstić information content (AvgIpc) is 2.38. The Bertz CT molecular complexity index is 396. The van der Waals surface area contributed by atoms with Crippen molar-refractivity contribution in [1.29, 1.82) is 0 Å². The van der Waals surface area contributed by atoms with Crippen LogP contribution < -0.4 is 11.1 Å². The fourth-order valence-corrected chi connectivity index (χ4v) is 1.53. The van der Waals surface area contributed by atoms with Crippen LogP contribution in [0.5, 0.6) is 0 Å². The van der Waals surface area contributed by atoms with Crippen molar-refractivity contribution in [3.8, 4) is 0 Å². The predicted molar refractivity (Wildman–Crippen MR) is 68.5 cm³/mol. The lowest BCUT2D eigenvalue weighted by molar-refractivity contribution is 0.0644. The molecular weight excluding hydrogens is 234 g/mol. The second-order valence-corrected chi connectivity index (χ2v) is 3.93. The molecule has 5 N–H and O–H groups in total. The summed E-state index contributed by atoms with van der Waals surface area (Å²) in [4.78, 5) is 0. The smallest absolute Gasteiger partial charge is 0.170 e. The molecule has 0 radical (unpaired) electrons. The molecule has 18 heavy (non-hydrogen) atoms. The largest absolute Gasteiger partial charge is 0.409 e. The van der Waals surface area contributed by atoms with Crippen molar-refractivity contribution in [1.82, 2.24) is 5.32 Å². The zero-order chi connectivity index (χ0) is 13.4. The Balaban J connectivity index is 2.48. The number of methoxy groups -OCH3 is 1. The van der Waals surface area contributed by atoms with E-state index in [2.05, 4.69) is 10.5 Å². The highest BCUT2D eigenvalue weighted by Crippen LogP contribution is 2.04. The average molecular weight is 253 g/mol. The Morgan fingerprint density at radius 3 is 3.00 bits per heavy atom. The van der Waals surface area contributed by atoms with Crippen molar-refractivity contribution >= 4 is 5.84 Å². The summed E-state index contributed by atoms with van der Waals surface area (Å²) in [5.41, 5.74) is 7.15. The first kappa shape index (κ1) is 14.4. The molecule has 0 aliphatic carbocycles. The van der Waals surface area contributed by atoms with E-state index >= 15 is 0 Å². The van der Waals surface area contributed by atoms with E-state index in [9.17, 15) is 5.11 Å². The van der Waals surface area contributed by atoms with Crippen LogP contribution in [-0.4, -0.2) is 42.5 Å². The lowest BCUT2D eigenvalue weighted by Crippen LogP contribution is -2.29. The van der Waals surface area contributed by atoms with E-state index in [-0.39, 0.29) is 5.84 Å². The summed E-state index contributed by atoms with van der Waals surface area (Å²) < 4.78 is 4.82. The van der Waals surface area contributed by atoms with Gasteiger partial charge in [-0.1, -0.05) is 23.4 Å². The molecule has 1 unspecified atom stereocenters. The normalized spacial score (nSPS) is 13.6. The molecule has 1 aromatic carbocycles. The fourth-order valence-electron chi connectivity index (χ4n) is 1.53. The first-order valence-electron chi connectivity index (χ1n) is 5.62. The van der Waals surface area contributed by atoms with Crippen molar-refractivity contribution < 1.29 is 15.1 Å². The van der Waals surface area contributed by atoms with Gasteiger partial charge < -0.3 is 26.1 Å². The number of oxime groups is 1. The summed E-state index contributed by atoms with van der Waals surface area (Å²) >= 11 is 0. The summed E-state index contributed by atoms with van der Waals surface area (Å²) in [6, 6.07) is 7.34. The first-order valence-corrected chi connectivity index (χ1v) is 5.62. The summed E-state index contributed by atoms with van der Waals surface area (Å²) in [5, 5.41) is 24.1. The van der Waals surface area contributed by atoms with Gasteiger partial charge in [0.25, 0.3) is 0 Å². The molecule has 1 atom stereocenters. The highest BCUT2D eigenvalue weighted by molar-refractivity contribution is 5.97. The molecule has 6 nitrogen and oxygen atoms in total. The van der Waals surface area contributed by atoms with Gasteiger partial charge in [0, 0.05) is 25.8 Å². The number of rotatable bonds is 7. The van der Waals surface area contributed by atoms with Crippen molar-refractivity contribution in [3.05, 3.63) is 35.4 Å². The third-order valence-corrected chi connectivity index (χ3v) is 2.40. The predicted octanol–water partition coefficient (Wildman–Crippen LogP) is -0.122. The maximum atomic E-state index is 9.45. The van der Waals surface area contributed by atoms with Crippen LogP contribution in [-0.2, 0) is 11.3 Å². The highest BCUT2D eigenvalue weighted by Gasteiger charge is 2.03. The second kappa shape index (κ2) is 7.65. The van der Waals surface area contributed by atoms with Crippen molar-refractivity contribution in [2.75, 3.05) is 20.3 Å².